The molecule has 28 heavy (non-hydrogen) atoms. The van der Waals surface area contributed by atoms with Crippen LogP contribution in [0.4, 0.5) is 0 Å². The minimum Gasteiger partial charge on any atom is -0.481 e. The number of nitrogens with one attached hydrogen (secondary N) is 1. The number of fused-ring (bicyclic) bond motifs is 6. The second-order valence-corrected chi connectivity index (χ2v) is 8.79. The van der Waals surface area contributed by atoms with Gasteiger partial charge in [0.25, 0.3) is 0 Å². The Bertz CT molecular complexity index is 1100. The maximum Gasteiger partial charge on any atom is 0.314 e. The molecule has 1 saturated carbocycles. The molecule has 3 aromatic rings. The van der Waals surface area contributed by atoms with Crippen LogP contribution in [0.5, 0.6) is 0 Å². The Hall–Kier alpha value is -2.37. The van der Waals surface area contributed by atoms with Crippen molar-refractivity contribution in [2.45, 2.75) is 44.1 Å². The van der Waals surface area contributed by atoms with E-state index < -0.39 is 24.1 Å². The molecule has 2 aliphatic carbocycles. The van der Waals surface area contributed by atoms with Crippen LogP contribution in [0.25, 0.3) is 21.8 Å². The van der Waals surface area contributed by atoms with E-state index in [0.29, 0.717) is 19.3 Å². The lowest BCUT2D eigenvalue weighted by Crippen LogP contribution is -2.61. The molecule has 2 aromatic carbocycles. The van der Waals surface area contributed by atoms with Crippen LogP contribution in [0.2, 0.25) is 0 Å². The summed E-state index contributed by atoms with van der Waals surface area (Å²) >= 11 is 0. The van der Waals surface area contributed by atoms with Gasteiger partial charge >= 0.3 is 5.97 Å². The molecule has 0 saturated heterocycles. The van der Waals surface area contributed by atoms with Crippen LogP contribution in [0.1, 0.15) is 37.3 Å². The first-order valence-electron chi connectivity index (χ1n) is 9.98. The minimum absolute atomic E-state index is 0.304. The zero-order valence-electron chi connectivity index (χ0n) is 15.9. The van der Waals surface area contributed by atoms with Crippen molar-refractivity contribution in [3.8, 4) is 0 Å². The maximum atomic E-state index is 12.2. The smallest absolute Gasteiger partial charge is 0.314 e. The molecular formula is C23H25NO4. The lowest BCUT2D eigenvalue weighted by atomic mass is 9.48. The molecule has 1 aromatic heterocycles. The highest BCUT2D eigenvalue weighted by molar-refractivity contribution is 6.07. The topological polar surface area (TPSA) is 93.6 Å². The number of aromatic amines is 1. The third-order valence-corrected chi connectivity index (χ3v) is 7.63. The molecule has 0 bridgehead atoms. The van der Waals surface area contributed by atoms with Gasteiger partial charge in [-0.05, 0) is 66.3 Å². The van der Waals surface area contributed by atoms with Crippen molar-refractivity contribution in [3.63, 3.8) is 0 Å². The average molecular weight is 379 g/mol. The van der Waals surface area contributed by atoms with Crippen molar-refractivity contribution >= 4 is 27.8 Å². The summed E-state index contributed by atoms with van der Waals surface area (Å²) in [5, 5.41) is 33.1. The number of carboxylic acids is 1. The summed E-state index contributed by atoms with van der Waals surface area (Å²) in [6.07, 6.45) is 1.48. The summed E-state index contributed by atoms with van der Waals surface area (Å²) < 4.78 is 0. The number of aliphatic carboxylic acids is 1. The van der Waals surface area contributed by atoms with Crippen molar-refractivity contribution in [3.05, 3.63) is 47.5 Å². The summed E-state index contributed by atoms with van der Waals surface area (Å²) in [6, 6.07) is 12.6. The Morgan fingerprint density at radius 1 is 1.18 bits per heavy atom. The van der Waals surface area contributed by atoms with E-state index >= 15 is 0 Å². The van der Waals surface area contributed by atoms with Gasteiger partial charge in [0.15, 0.2) is 0 Å². The highest BCUT2D eigenvalue weighted by atomic mass is 16.4. The van der Waals surface area contributed by atoms with Gasteiger partial charge in [-0.15, -0.1) is 0 Å². The summed E-state index contributed by atoms with van der Waals surface area (Å²) in [5.74, 6) is -1.39. The Morgan fingerprint density at radius 3 is 2.71 bits per heavy atom. The second-order valence-electron chi connectivity index (χ2n) is 8.79. The fourth-order valence-corrected chi connectivity index (χ4v) is 6.12. The van der Waals surface area contributed by atoms with E-state index in [1.807, 2.05) is 12.1 Å². The first kappa shape index (κ1) is 17.7. The molecule has 5 heteroatoms. The number of hydrogen-bond acceptors (Lipinski definition) is 3. The summed E-state index contributed by atoms with van der Waals surface area (Å²) in [7, 11) is 0. The Morgan fingerprint density at radius 2 is 1.96 bits per heavy atom. The molecule has 146 valence electrons. The van der Waals surface area contributed by atoms with Gasteiger partial charge in [-0.2, -0.15) is 0 Å². The maximum absolute atomic E-state index is 12.2. The van der Waals surface area contributed by atoms with Crippen LogP contribution in [0.15, 0.2) is 36.4 Å². The van der Waals surface area contributed by atoms with Crippen molar-refractivity contribution in [1.82, 2.24) is 4.98 Å². The lowest BCUT2D eigenvalue weighted by molar-refractivity contribution is -0.182. The number of para-hydroxylation sites is 1. The molecule has 5 nitrogen and oxygen atoms in total. The number of H-pyrrole nitrogens is 1. The monoisotopic (exact) mass is 379 g/mol. The van der Waals surface area contributed by atoms with Crippen molar-refractivity contribution in [2.75, 3.05) is 6.61 Å². The second kappa shape index (κ2) is 5.82. The van der Waals surface area contributed by atoms with Crippen LogP contribution in [-0.2, 0) is 16.6 Å². The molecule has 0 radical (unpaired) electrons. The van der Waals surface area contributed by atoms with Gasteiger partial charge in [0.2, 0.25) is 0 Å². The van der Waals surface area contributed by atoms with E-state index in [9.17, 15) is 20.1 Å². The number of aliphatic hydroxyl groups is 2. The van der Waals surface area contributed by atoms with Gasteiger partial charge in [0.05, 0.1) is 12.7 Å². The number of aliphatic hydroxyl groups excluding tert-OH is 2. The summed E-state index contributed by atoms with van der Waals surface area (Å²) in [4.78, 5) is 15.7. The number of hydrogen-bond donors (Lipinski definition) is 4. The lowest BCUT2D eigenvalue weighted by Gasteiger charge is -2.55. The van der Waals surface area contributed by atoms with Gasteiger partial charge in [0.1, 0.15) is 5.41 Å². The number of carboxylic acid groups (broad SMARTS) is 1. The van der Waals surface area contributed by atoms with Gasteiger partial charge in [-0.3, -0.25) is 4.79 Å². The summed E-state index contributed by atoms with van der Waals surface area (Å²) in [5.41, 5.74) is 2.72. The predicted molar refractivity (Wildman–Crippen MR) is 107 cm³/mol. The molecule has 0 unspecified atom stereocenters. The first-order valence-corrected chi connectivity index (χ1v) is 9.98. The van der Waals surface area contributed by atoms with Crippen molar-refractivity contribution < 1.29 is 20.1 Å². The van der Waals surface area contributed by atoms with Crippen molar-refractivity contribution in [1.29, 1.82) is 0 Å². The molecular weight excluding hydrogens is 354 g/mol. The quantitative estimate of drug-likeness (QED) is 0.549. The fraction of sp³-hybridized carbons (Fsp3) is 0.435. The van der Waals surface area contributed by atoms with E-state index in [1.165, 1.54) is 11.1 Å². The number of aryl methyl sites for hydroxylation is 1. The molecule has 0 spiro atoms. The molecule has 1 heterocycles. The van der Waals surface area contributed by atoms with Crippen LogP contribution >= 0.6 is 0 Å². The van der Waals surface area contributed by atoms with Gasteiger partial charge in [0, 0.05) is 21.8 Å². The number of rotatable bonds is 2. The normalized spacial score (nSPS) is 32.2. The Labute approximate surface area is 163 Å². The van der Waals surface area contributed by atoms with E-state index in [2.05, 4.69) is 36.2 Å². The third-order valence-electron chi connectivity index (χ3n) is 7.63. The van der Waals surface area contributed by atoms with Gasteiger partial charge in [-0.25, -0.2) is 0 Å². The molecule has 4 N–H and O–H groups in total. The van der Waals surface area contributed by atoms with E-state index in [4.69, 9.17) is 0 Å². The predicted octanol–water partition coefficient (Wildman–Crippen LogP) is 3.36. The highest BCUT2D eigenvalue weighted by Gasteiger charge is 2.61. The average Bonchev–Trinajstić information content (AvgIpc) is 3.05. The third kappa shape index (κ3) is 2.06. The minimum atomic E-state index is -1.50. The number of carbonyl (C=O) groups is 1. The Balaban J connectivity index is 1.75. The van der Waals surface area contributed by atoms with Gasteiger partial charge < -0.3 is 20.3 Å². The molecule has 5 rings (SSSR count). The van der Waals surface area contributed by atoms with Crippen LogP contribution in [0.3, 0.4) is 0 Å². The SMILES string of the molecule is C[C@]12CC[C@H](O)[C@](CO)(C(=O)O)[C@@H]1CCc1cc3[nH]c4ccccc4c3cc12. The Kier molecular flexibility index (Phi) is 3.68. The number of benzene rings is 2. The van der Waals surface area contributed by atoms with Crippen LogP contribution in [0, 0.1) is 11.3 Å². The fourth-order valence-electron chi connectivity index (χ4n) is 6.12. The van der Waals surface area contributed by atoms with Gasteiger partial charge in [-0.1, -0.05) is 25.1 Å². The molecule has 0 aliphatic heterocycles. The standard InChI is InChI=1S/C23H25NO4/c1-22-9-8-20(26)23(12-25,21(27)28)19(22)7-6-13-10-18-15(11-16(13)22)14-4-2-3-5-17(14)24-18/h2-5,10-11,19-20,24-26H,6-9,12H2,1H3,(H,27,28)/t19-,20+,22-,23-/m1/s1. The van der Waals surface area contributed by atoms with Crippen LogP contribution < -0.4 is 0 Å². The van der Waals surface area contributed by atoms with Crippen molar-refractivity contribution in [2.24, 2.45) is 11.3 Å². The highest BCUT2D eigenvalue weighted by Crippen LogP contribution is 2.57. The van der Waals surface area contributed by atoms with E-state index in [-0.39, 0.29) is 11.3 Å². The molecule has 2 aliphatic rings. The zero-order chi connectivity index (χ0) is 19.7. The van der Waals surface area contributed by atoms with Crippen LogP contribution in [-0.4, -0.2) is 39.0 Å². The van der Waals surface area contributed by atoms with E-state index in [1.54, 1.807) is 0 Å². The largest absolute Gasteiger partial charge is 0.481 e. The molecule has 4 atom stereocenters. The molecule has 1 fully saturated rings. The first-order chi connectivity index (χ1) is 13.4. The summed E-state index contributed by atoms with van der Waals surface area (Å²) in [6.45, 7) is 1.59. The van der Waals surface area contributed by atoms with E-state index in [0.717, 1.165) is 28.2 Å². The molecule has 0 amide bonds. The number of aromatic nitrogens is 1. The zero-order valence-corrected chi connectivity index (χ0v) is 15.9.